The van der Waals surface area contributed by atoms with Crippen LogP contribution in [0.1, 0.15) is 39.0 Å². The zero-order valence-corrected chi connectivity index (χ0v) is 23.1. The van der Waals surface area contributed by atoms with Crippen molar-refractivity contribution >= 4 is 37.5 Å². The number of nitrogens with zero attached hydrogens (tertiary/aromatic N) is 2. The molecule has 0 aromatic heterocycles. The van der Waals surface area contributed by atoms with Gasteiger partial charge < -0.3 is 15.0 Å². The minimum Gasteiger partial charge on any atom is -0.378 e. The number of amides is 2. The second-order valence-corrected chi connectivity index (χ2v) is 14.8. The van der Waals surface area contributed by atoms with E-state index in [4.69, 9.17) is 4.74 Å². The fourth-order valence-corrected chi connectivity index (χ4v) is 8.20. The Bertz CT molecular complexity index is 1260. The average Bonchev–Trinajstić information content (AvgIpc) is 3.72. The number of morpholine rings is 1. The third-order valence-electron chi connectivity index (χ3n) is 7.48. The summed E-state index contributed by atoms with van der Waals surface area (Å²) in [7, 11) is -7.96. The molecule has 13 heteroatoms. The number of ether oxygens (including phenoxy) is 1. The van der Waals surface area contributed by atoms with Crippen LogP contribution in [0.4, 0.5) is 0 Å². The van der Waals surface area contributed by atoms with Gasteiger partial charge in [0, 0.05) is 19.6 Å². The van der Waals surface area contributed by atoms with E-state index in [0.717, 1.165) is 17.1 Å². The fraction of sp³-hybridized carbons (Fsp3) is 0.640. The molecule has 0 radical (unpaired) electrons. The molecule has 2 saturated heterocycles. The van der Waals surface area contributed by atoms with Gasteiger partial charge >= 0.3 is 0 Å². The first-order valence-electron chi connectivity index (χ1n) is 12.9. The lowest BCUT2D eigenvalue weighted by molar-refractivity contribution is -0.138. The molecule has 1 N–H and O–H groups in total. The molecule has 1 aromatic rings. The van der Waals surface area contributed by atoms with Crippen LogP contribution >= 0.6 is 0 Å². The number of rotatable bonds is 9. The van der Waals surface area contributed by atoms with Gasteiger partial charge in [0.05, 0.1) is 42.9 Å². The van der Waals surface area contributed by atoms with E-state index in [1.165, 1.54) is 24.0 Å². The van der Waals surface area contributed by atoms with Gasteiger partial charge in [0.2, 0.25) is 21.8 Å². The second kappa shape index (κ2) is 11.4. The van der Waals surface area contributed by atoms with Crippen molar-refractivity contribution in [3.05, 3.63) is 30.3 Å². The molecule has 0 bridgehead atoms. The highest BCUT2D eigenvalue weighted by atomic mass is 32.2. The van der Waals surface area contributed by atoms with E-state index in [1.807, 2.05) is 0 Å². The maximum absolute atomic E-state index is 13.6. The van der Waals surface area contributed by atoms with Gasteiger partial charge in [0.25, 0.3) is 0 Å². The minimum atomic E-state index is -4.05. The highest BCUT2D eigenvalue weighted by molar-refractivity contribution is 7.93. The minimum absolute atomic E-state index is 0.0399. The Morgan fingerprint density at radius 2 is 1.68 bits per heavy atom. The molecule has 38 heavy (non-hydrogen) atoms. The predicted octanol–water partition coefficient (Wildman–Crippen LogP) is 0.357. The number of sulfonamides is 1. The SMILES string of the molecule is CC(CC(=O)N1CCOCC1)(C(=O)NC1CCCN(S(=O)(=O)c2ccccc2)CC1=O)S(=O)(=O)CC1CC1. The van der Waals surface area contributed by atoms with Crippen molar-refractivity contribution in [1.29, 1.82) is 0 Å². The van der Waals surface area contributed by atoms with Crippen LogP contribution in [-0.2, 0) is 39.0 Å². The molecular weight excluding hydrogens is 534 g/mol. The van der Waals surface area contributed by atoms with Gasteiger partial charge in [-0.15, -0.1) is 0 Å². The lowest BCUT2D eigenvalue weighted by atomic mass is 10.0. The first kappa shape index (κ1) is 28.7. The van der Waals surface area contributed by atoms with E-state index < -0.39 is 61.2 Å². The highest BCUT2D eigenvalue weighted by Gasteiger charge is 2.51. The van der Waals surface area contributed by atoms with Crippen LogP contribution < -0.4 is 5.32 Å². The van der Waals surface area contributed by atoms with Gasteiger partial charge in [-0.3, -0.25) is 14.4 Å². The van der Waals surface area contributed by atoms with E-state index >= 15 is 0 Å². The van der Waals surface area contributed by atoms with Crippen molar-refractivity contribution in [3.63, 3.8) is 0 Å². The molecule has 2 aliphatic heterocycles. The number of nitrogens with one attached hydrogen (secondary N) is 1. The topological polar surface area (TPSA) is 147 Å². The summed E-state index contributed by atoms with van der Waals surface area (Å²) in [6, 6.07) is 6.72. The first-order valence-corrected chi connectivity index (χ1v) is 16.0. The number of carbonyl (C=O) groups is 3. The molecule has 0 spiro atoms. The fourth-order valence-electron chi connectivity index (χ4n) is 4.73. The normalized spacial score (nSPS) is 23.3. The van der Waals surface area contributed by atoms with Crippen molar-refractivity contribution in [2.75, 3.05) is 45.1 Å². The summed E-state index contributed by atoms with van der Waals surface area (Å²) in [6.45, 7) is 2.19. The molecule has 3 aliphatic rings. The average molecular weight is 570 g/mol. The largest absolute Gasteiger partial charge is 0.378 e. The van der Waals surface area contributed by atoms with Crippen LogP contribution in [0.25, 0.3) is 0 Å². The van der Waals surface area contributed by atoms with Crippen LogP contribution in [0.3, 0.4) is 0 Å². The second-order valence-electron chi connectivity index (χ2n) is 10.4. The molecular formula is C25H35N3O8S2. The molecule has 11 nitrogen and oxygen atoms in total. The molecule has 2 atom stereocenters. The molecule has 1 saturated carbocycles. The molecule has 2 amide bonds. The monoisotopic (exact) mass is 569 g/mol. The van der Waals surface area contributed by atoms with E-state index in [9.17, 15) is 31.2 Å². The van der Waals surface area contributed by atoms with Gasteiger partial charge in [-0.05, 0) is 50.7 Å². The van der Waals surface area contributed by atoms with Gasteiger partial charge in [0.15, 0.2) is 20.4 Å². The molecule has 2 unspecified atom stereocenters. The van der Waals surface area contributed by atoms with E-state index in [1.54, 1.807) is 18.2 Å². The highest BCUT2D eigenvalue weighted by Crippen LogP contribution is 2.35. The zero-order chi connectivity index (χ0) is 27.6. The van der Waals surface area contributed by atoms with Crippen molar-refractivity contribution < 1.29 is 36.0 Å². The molecule has 3 fully saturated rings. The number of Topliss-reactive ketones (excluding diaryl/α,β-unsaturated/α-hetero) is 1. The Labute approximate surface area is 223 Å². The Balaban J connectivity index is 1.51. The van der Waals surface area contributed by atoms with Crippen LogP contribution in [-0.4, -0.2) is 99.6 Å². The van der Waals surface area contributed by atoms with Crippen molar-refractivity contribution in [1.82, 2.24) is 14.5 Å². The summed E-state index contributed by atoms with van der Waals surface area (Å²) in [6.07, 6.45) is 1.41. The van der Waals surface area contributed by atoms with E-state index in [2.05, 4.69) is 5.32 Å². The first-order chi connectivity index (χ1) is 17.9. The molecule has 1 aromatic carbocycles. The van der Waals surface area contributed by atoms with Crippen molar-refractivity contribution in [2.45, 2.75) is 54.7 Å². The lowest BCUT2D eigenvalue weighted by Gasteiger charge is -2.33. The summed E-state index contributed by atoms with van der Waals surface area (Å²) >= 11 is 0. The van der Waals surface area contributed by atoms with Gasteiger partial charge in [-0.1, -0.05) is 18.2 Å². The van der Waals surface area contributed by atoms with Crippen molar-refractivity contribution in [3.8, 4) is 0 Å². The number of ketones is 1. The Kier molecular flexibility index (Phi) is 8.60. The van der Waals surface area contributed by atoms with E-state index in [0.29, 0.717) is 32.7 Å². The maximum atomic E-state index is 13.6. The van der Waals surface area contributed by atoms with Gasteiger partial charge in [-0.2, -0.15) is 4.31 Å². The Morgan fingerprint density at radius 3 is 2.32 bits per heavy atom. The van der Waals surface area contributed by atoms with Gasteiger partial charge in [-0.25, -0.2) is 16.8 Å². The molecule has 4 rings (SSSR count). The number of carbonyl (C=O) groups excluding carboxylic acids is 3. The summed E-state index contributed by atoms with van der Waals surface area (Å²) in [5.41, 5.74) is 0. The van der Waals surface area contributed by atoms with Crippen LogP contribution in [0.2, 0.25) is 0 Å². The van der Waals surface area contributed by atoms with Crippen LogP contribution in [0, 0.1) is 5.92 Å². The summed E-state index contributed by atoms with van der Waals surface area (Å²) in [5, 5.41) is 2.58. The van der Waals surface area contributed by atoms with Crippen LogP contribution in [0.5, 0.6) is 0 Å². The Morgan fingerprint density at radius 1 is 1.03 bits per heavy atom. The third kappa shape index (κ3) is 6.27. The molecule has 2 heterocycles. The third-order valence-corrected chi connectivity index (χ3v) is 12.0. The summed E-state index contributed by atoms with van der Waals surface area (Å²) < 4.78 is 57.3. The van der Waals surface area contributed by atoms with Crippen molar-refractivity contribution in [2.24, 2.45) is 5.92 Å². The van der Waals surface area contributed by atoms with Gasteiger partial charge in [0.1, 0.15) is 0 Å². The van der Waals surface area contributed by atoms with Crippen LogP contribution in [0.15, 0.2) is 35.2 Å². The lowest BCUT2D eigenvalue weighted by Crippen LogP contribution is -2.58. The number of hydrogen-bond donors (Lipinski definition) is 1. The maximum Gasteiger partial charge on any atom is 0.243 e. The molecule has 210 valence electrons. The zero-order valence-electron chi connectivity index (χ0n) is 21.5. The smallest absolute Gasteiger partial charge is 0.243 e. The standard InChI is InChI=1S/C25H35N3O8S2/c1-25(37(32,33)18-19-9-10-19,16-23(30)27-12-14-36-15-13-27)24(31)26-21-8-5-11-28(17-22(21)29)38(34,35)20-6-3-2-4-7-20/h2-4,6-7,19,21H,5,8-18H2,1H3,(H,26,31). The summed E-state index contributed by atoms with van der Waals surface area (Å²) in [4.78, 5) is 41.3. The van der Waals surface area contributed by atoms with E-state index in [-0.39, 0.29) is 29.5 Å². The predicted molar refractivity (Wildman–Crippen MR) is 138 cm³/mol. The number of sulfone groups is 1. The molecule has 1 aliphatic carbocycles. The quantitative estimate of drug-likeness (QED) is 0.448. The number of hydrogen-bond acceptors (Lipinski definition) is 8. The number of benzene rings is 1. The summed E-state index contributed by atoms with van der Waals surface area (Å²) in [5.74, 6) is -2.14. The Hall–Kier alpha value is -2.35.